The fourth-order valence-electron chi connectivity index (χ4n) is 3.69. The molecular formula is C19H22N4O2. The number of ether oxygens (including phenoxy) is 1. The zero-order valence-corrected chi connectivity index (χ0v) is 14.5. The predicted octanol–water partition coefficient (Wildman–Crippen LogP) is 2.76. The highest BCUT2D eigenvalue weighted by molar-refractivity contribution is 5.95. The van der Waals surface area contributed by atoms with Crippen molar-refractivity contribution in [3.63, 3.8) is 0 Å². The van der Waals surface area contributed by atoms with Crippen molar-refractivity contribution in [2.24, 2.45) is 0 Å². The van der Waals surface area contributed by atoms with Gasteiger partial charge in [0.1, 0.15) is 0 Å². The van der Waals surface area contributed by atoms with Crippen molar-refractivity contribution in [2.75, 3.05) is 13.1 Å². The van der Waals surface area contributed by atoms with Crippen LogP contribution >= 0.6 is 0 Å². The van der Waals surface area contributed by atoms with E-state index in [4.69, 9.17) is 4.74 Å². The summed E-state index contributed by atoms with van der Waals surface area (Å²) in [5.41, 5.74) is 4.77. The highest BCUT2D eigenvalue weighted by atomic mass is 16.5. The van der Waals surface area contributed by atoms with E-state index in [0.29, 0.717) is 12.2 Å². The van der Waals surface area contributed by atoms with Gasteiger partial charge in [-0.25, -0.2) is 0 Å². The number of rotatable bonds is 2. The molecule has 2 aromatic rings. The summed E-state index contributed by atoms with van der Waals surface area (Å²) in [5.74, 6) is -0.00143. The van der Waals surface area contributed by atoms with Crippen LogP contribution in [-0.2, 0) is 11.2 Å². The second-order valence-corrected chi connectivity index (χ2v) is 6.74. The quantitative estimate of drug-likeness (QED) is 0.914. The van der Waals surface area contributed by atoms with Crippen LogP contribution in [-0.4, -0.2) is 45.2 Å². The number of carbonyl (C=O) groups excluding carboxylic acids is 1. The lowest BCUT2D eigenvalue weighted by Gasteiger charge is -2.29. The van der Waals surface area contributed by atoms with Crippen LogP contribution in [0.15, 0.2) is 30.6 Å². The van der Waals surface area contributed by atoms with Crippen molar-refractivity contribution in [3.05, 3.63) is 53.1 Å². The molecule has 1 N–H and O–H groups in total. The third-order valence-corrected chi connectivity index (χ3v) is 4.93. The van der Waals surface area contributed by atoms with Crippen molar-refractivity contribution in [2.45, 2.75) is 38.9 Å². The summed E-state index contributed by atoms with van der Waals surface area (Å²) in [4.78, 5) is 19.0. The average molecular weight is 338 g/mol. The van der Waals surface area contributed by atoms with Gasteiger partial charge < -0.3 is 9.64 Å². The highest BCUT2D eigenvalue weighted by Crippen LogP contribution is 2.31. The Bertz CT molecular complexity index is 812. The van der Waals surface area contributed by atoms with Crippen LogP contribution in [0.3, 0.4) is 0 Å². The first kappa shape index (κ1) is 16.0. The van der Waals surface area contributed by atoms with Gasteiger partial charge in [-0.3, -0.25) is 14.9 Å². The molecule has 1 amide bonds. The Morgan fingerprint density at radius 3 is 2.92 bits per heavy atom. The topological polar surface area (TPSA) is 71.1 Å². The maximum absolute atomic E-state index is 13.1. The molecule has 0 fully saturated rings. The van der Waals surface area contributed by atoms with E-state index in [1.54, 1.807) is 12.4 Å². The number of hydrogen-bond donors (Lipinski definition) is 1. The standard InChI is InChI=1S/C19H22N4O2/c1-12-10-16-17(13(2)25-12)21-22-18(16)19(24)23-9-3-4-15(11-23)14-5-7-20-8-6-14/h4-8,12-13H,3,9-11H2,1-2H3,(H,21,22)/t12-,13+/m1/s1. The molecule has 2 aliphatic heterocycles. The summed E-state index contributed by atoms with van der Waals surface area (Å²) in [6.07, 6.45) is 7.39. The van der Waals surface area contributed by atoms with Gasteiger partial charge in [0.15, 0.2) is 5.69 Å². The smallest absolute Gasteiger partial charge is 0.274 e. The van der Waals surface area contributed by atoms with Crippen LogP contribution in [0.1, 0.15) is 53.7 Å². The molecule has 0 aliphatic carbocycles. The minimum absolute atomic E-state index is 0.00143. The molecule has 2 aromatic heterocycles. The van der Waals surface area contributed by atoms with Gasteiger partial charge in [-0.2, -0.15) is 5.10 Å². The number of amides is 1. The van der Waals surface area contributed by atoms with E-state index in [1.807, 2.05) is 30.9 Å². The normalized spacial score (nSPS) is 23.1. The van der Waals surface area contributed by atoms with Crippen molar-refractivity contribution < 1.29 is 9.53 Å². The number of carbonyl (C=O) groups is 1. The van der Waals surface area contributed by atoms with Crippen LogP contribution in [0.4, 0.5) is 0 Å². The van der Waals surface area contributed by atoms with E-state index in [-0.39, 0.29) is 18.1 Å². The fraction of sp³-hybridized carbons (Fsp3) is 0.421. The summed E-state index contributed by atoms with van der Waals surface area (Å²) in [5, 5.41) is 7.34. The summed E-state index contributed by atoms with van der Waals surface area (Å²) in [7, 11) is 0. The SMILES string of the molecule is C[C@@H]1Cc2c(C(=O)N3CCC=C(c4ccncc4)C3)n[nH]c2[C@H](C)O1. The maximum Gasteiger partial charge on any atom is 0.274 e. The molecule has 0 unspecified atom stereocenters. The Labute approximate surface area is 146 Å². The lowest BCUT2D eigenvalue weighted by Crippen LogP contribution is -2.36. The fourth-order valence-corrected chi connectivity index (χ4v) is 3.69. The van der Waals surface area contributed by atoms with E-state index in [1.165, 1.54) is 0 Å². The Hall–Kier alpha value is -2.47. The lowest BCUT2D eigenvalue weighted by molar-refractivity contribution is -0.00701. The molecular weight excluding hydrogens is 316 g/mol. The predicted molar refractivity (Wildman–Crippen MR) is 94.0 cm³/mol. The number of fused-ring (bicyclic) bond motifs is 1. The lowest BCUT2D eigenvalue weighted by atomic mass is 9.98. The Balaban J connectivity index is 1.57. The molecule has 4 rings (SSSR count). The van der Waals surface area contributed by atoms with Crippen LogP contribution in [0, 0.1) is 0 Å². The zero-order chi connectivity index (χ0) is 17.4. The third-order valence-electron chi connectivity index (χ3n) is 4.93. The van der Waals surface area contributed by atoms with Crippen molar-refractivity contribution >= 4 is 11.5 Å². The minimum Gasteiger partial charge on any atom is -0.369 e. The Morgan fingerprint density at radius 2 is 2.12 bits per heavy atom. The summed E-state index contributed by atoms with van der Waals surface area (Å²) in [6.45, 7) is 5.35. The first-order valence-electron chi connectivity index (χ1n) is 8.74. The molecule has 2 aliphatic rings. The summed E-state index contributed by atoms with van der Waals surface area (Å²) in [6, 6.07) is 3.97. The van der Waals surface area contributed by atoms with Crippen LogP contribution in [0.25, 0.3) is 5.57 Å². The molecule has 0 spiro atoms. The molecule has 2 atom stereocenters. The molecule has 25 heavy (non-hydrogen) atoms. The molecule has 0 aromatic carbocycles. The largest absolute Gasteiger partial charge is 0.369 e. The van der Waals surface area contributed by atoms with E-state index >= 15 is 0 Å². The maximum atomic E-state index is 13.1. The number of hydrogen-bond acceptors (Lipinski definition) is 4. The first-order chi connectivity index (χ1) is 12.1. The van der Waals surface area contributed by atoms with Gasteiger partial charge in [0, 0.05) is 37.5 Å². The van der Waals surface area contributed by atoms with Gasteiger partial charge in [0.2, 0.25) is 0 Å². The minimum atomic E-state index is -0.0542. The van der Waals surface area contributed by atoms with Gasteiger partial charge in [-0.05, 0) is 43.5 Å². The molecule has 0 bridgehead atoms. The van der Waals surface area contributed by atoms with Crippen LogP contribution < -0.4 is 0 Å². The van der Waals surface area contributed by atoms with E-state index < -0.39 is 0 Å². The van der Waals surface area contributed by atoms with E-state index in [2.05, 4.69) is 21.3 Å². The number of pyridine rings is 1. The van der Waals surface area contributed by atoms with Crippen molar-refractivity contribution in [1.82, 2.24) is 20.1 Å². The van der Waals surface area contributed by atoms with Crippen molar-refractivity contribution in [3.8, 4) is 0 Å². The van der Waals surface area contributed by atoms with E-state index in [9.17, 15) is 4.79 Å². The van der Waals surface area contributed by atoms with E-state index in [0.717, 1.165) is 41.8 Å². The van der Waals surface area contributed by atoms with Gasteiger partial charge in [0.25, 0.3) is 5.91 Å². The molecule has 0 saturated heterocycles. The molecule has 0 radical (unpaired) electrons. The zero-order valence-electron chi connectivity index (χ0n) is 14.5. The molecule has 0 saturated carbocycles. The van der Waals surface area contributed by atoms with Crippen molar-refractivity contribution in [1.29, 1.82) is 0 Å². The molecule has 6 heteroatoms. The number of nitrogens with one attached hydrogen (secondary N) is 1. The third kappa shape index (κ3) is 2.98. The molecule has 130 valence electrons. The Morgan fingerprint density at radius 1 is 1.32 bits per heavy atom. The van der Waals surface area contributed by atoms with Gasteiger partial charge >= 0.3 is 0 Å². The van der Waals surface area contributed by atoms with Gasteiger partial charge in [-0.1, -0.05) is 6.08 Å². The summed E-state index contributed by atoms with van der Waals surface area (Å²) < 4.78 is 5.81. The monoisotopic (exact) mass is 338 g/mol. The van der Waals surface area contributed by atoms with Crippen LogP contribution in [0.2, 0.25) is 0 Å². The second kappa shape index (κ2) is 6.44. The number of aromatic nitrogens is 3. The molecule has 4 heterocycles. The Kier molecular flexibility index (Phi) is 4.13. The number of nitrogens with zero attached hydrogens (tertiary/aromatic N) is 3. The van der Waals surface area contributed by atoms with Gasteiger partial charge in [-0.15, -0.1) is 0 Å². The van der Waals surface area contributed by atoms with Crippen LogP contribution in [0.5, 0.6) is 0 Å². The summed E-state index contributed by atoms with van der Waals surface area (Å²) >= 11 is 0. The first-order valence-corrected chi connectivity index (χ1v) is 8.74. The average Bonchev–Trinajstić information content (AvgIpc) is 3.06. The van der Waals surface area contributed by atoms with Gasteiger partial charge in [0.05, 0.1) is 17.9 Å². The number of H-pyrrole nitrogens is 1. The highest BCUT2D eigenvalue weighted by Gasteiger charge is 2.32. The molecule has 6 nitrogen and oxygen atoms in total. The second-order valence-electron chi connectivity index (χ2n) is 6.74. The number of aromatic amines is 1.